The van der Waals surface area contributed by atoms with Crippen LogP contribution in [0.4, 0.5) is 0 Å². The van der Waals surface area contributed by atoms with E-state index in [1.807, 2.05) is 6.08 Å². The largest absolute Gasteiger partial charge is 0.496 e. The van der Waals surface area contributed by atoms with Gasteiger partial charge in [-0.15, -0.1) is 0 Å². The highest BCUT2D eigenvalue weighted by atomic mass is 16.7. The zero-order valence-corrected chi connectivity index (χ0v) is 15.9. The molecular weight excluding hydrogens is 316 g/mol. The number of hydrogen-bond donors (Lipinski definition) is 0. The molecule has 25 heavy (non-hydrogen) atoms. The summed E-state index contributed by atoms with van der Waals surface area (Å²) in [6.07, 6.45) is 9.78. The second kappa shape index (κ2) is 7.46. The fourth-order valence-corrected chi connectivity index (χ4v) is 4.49. The van der Waals surface area contributed by atoms with Crippen molar-refractivity contribution >= 4 is 5.78 Å². The summed E-state index contributed by atoms with van der Waals surface area (Å²) in [5.41, 5.74) is 4.41. The van der Waals surface area contributed by atoms with Gasteiger partial charge in [0.1, 0.15) is 5.76 Å². The molecule has 4 heteroatoms. The van der Waals surface area contributed by atoms with Crippen molar-refractivity contribution in [2.75, 3.05) is 21.3 Å². The number of methoxy groups -OCH3 is 3. The smallest absolute Gasteiger partial charge is 0.202 e. The summed E-state index contributed by atoms with van der Waals surface area (Å²) >= 11 is 0. The van der Waals surface area contributed by atoms with E-state index in [0.29, 0.717) is 12.2 Å². The SMILES string of the molecule is CCCC/C1=C/C(OC)=C2\C(=C3\CCCCC3C1=O)CC2(OC)OC. The second-order valence-corrected chi connectivity index (χ2v) is 7.22. The van der Waals surface area contributed by atoms with Crippen molar-refractivity contribution in [3.8, 4) is 0 Å². The number of fused-ring (bicyclic) bond motifs is 2. The maximum atomic E-state index is 13.2. The lowest BCUT2D eigenvalue weighted by atomic mass is 9.66. The van der Waals surface area contributed by atoms with E-state index >= 15 is 0 Å². The molecule has 2 saturated carbocycles. The first-order valence-electron chi connectivity index (χ1n) is 9.48. The van der Waals surface area contributed by atoms with Gasteiger partial charge in [0.05, 0.1) is 12.7 Å². The molecular formula is C21H30O4. The molecule has 0 aromatic rings. The number of hydrogen-bond acceptors (Lipinski definition) is 4. The van der Waals surface area contributed by atoms with Crippen molar-refractivity contribution in [1.29, 1.82) is 0 Å². The first-order chi connectivity index (χ1) is 12.1. The molecule has 0 N–H and O–H groups in total. The molecule has 1 unspecified atom stereocenters. The minimum absolute atomic E-state index is 0.0342. The van der Waals surface area contributed by atoms with Gasteiger partial charge < -0.3 is 14.2 Å². The highest BCUT2D eigenvalue weighted by molar-refractivity contribution is 6.00. The van der Waals surface area contributed by atoms with Crippen LogP contribution in [0.3, 0.4) is 0 Å². The van der Waals surface area contributed by atoms with E-state index in [-0.39, 0.29) is 5.92 Å². The lowest BCUT2D eigenvalue weighted by molar-refractivity contribution is -0.196. The summed E-state index contributed by atoms with van der Waals surface area (Å²) in [4.78, 5) is 13.2. The van der Waals surface area contributed by atoms with Gasteiger partial charge in [0.15, 0.2) is 5.78 Å². The van der Waals surface area contributed by atoms with Gasteiger partial charge in [-0.05, 0) is 49.3 Å². The molecule has 0 heterocycles. The maximum Gasteiger partial charge on any atom is 0.202 e. The Balaban J connectivity index is 2.16. The van der Waals surface area contributed by atoms with Gasteiger partial charge in [0.2, 0.25) is 5.79 Å². The monoisotopic (exact) mass is 346 g/mol. The Morgan fingerprint density at radius 1 is 1.20 bits per heavy atom. The molecule has 0 aromatic carbocycles. The van der Waals surface area contributed by atoms with Gasteiger partial charge in [-0.25, -0.2) is 0 Å². The van der Waals surface area contributed by atoms with Gasteiger partial charge >= 0.3 is 0 Å². The van der Waals surface area contributed by atoms with Crippen LogP contribution in [-0.2, 0) is 19.0 Å². The zero-order chi connectivity index (χ0) is 18.0. The number of Topliss-reactive ketones (excluding diaryl/α,β-unsaturated/α-hetero) is 1. The first-order valence-corrected chi connectivity index (χ1v) is 9.48. The van der Waals surface area contributed by atoms with E-state index in [1.54, 1.807) is 21.3 Å². The van der Waals surface area contributed by atoms with Gasteiger partial charge in [0, 0.05) is 26.6 Å². The normalized spacial score (nSPS) is 33.4. The molecule has 0 aromatic heterocycles. The average molecular weight is 346 g/mol. The number of unbranched alkanes of at least 4 members (excludes halogenated alkanes) is 1. The summed E-state index contributed by atoms with van der Waals surface area (Å²) in [5, 5.41) is 0. The Kier molecular flexibility index (Phi) is 5.49. The third-order valence-electron chi connectivity index (χ3n) is 5.95. The van der Waals surface area contributed by atoms with Crippen LogP contribution in [0.1, 0.15) is 58.3 Å². The van der Waals surface area contributed by atoms with E-state index in [0.717, 1.165) is 61.9 Å². The second-order valence-electron chi connectivity index (χ2n) is 7.22. The van der Waals surface area contributed by atoms with E-state index in [2.05, 4.69) is 6.92 Å². The molecule has 0 spiro atoms. The molecule has 0 saturated heterocycles. The average Bonchev–Trinajstić information content (AvgIpc) is 2.63. The fourth-order valence-electron chi connectivity index (χ4n) is 4.49. The molecule has 4 nitrogen and oxygen atoms in total. The molecule has 0 aliphatic heterocycles. The number of ether oxygens (including phenoxy) is 3. The minimum atomic E-state index is -0.748. The maximum absolute atomic E-state index is 13.2. The number of rotatable bonds is 6. The van der Waals surface area contributed by atoms with E-state index in [4.69, 9.17) is 14.2 Å². The molecule has 1 atom stereocenters. The molecule has 0 radical (unpaired) electrons. The summed E-state index contributed by atoms with van der Waals surface area (Å²) in [6, 6.07) is 0. The number of carbonyl (C=O) groups is 1. The zero-order valence-electron chi connectivity index (χ0n) is 15.9. The molecule has 0 amide bonds. The highest BCUT2D eigenvalue weighted by Gasteiger charge is 2.52. The van der Waals surface area contributed by atoms with Crippen molar-refractivity contribution < 1.29 is 19.0 Å². The lowest BCUT2D eigenvalue weighted by Gasteiger charge is -2.47. The van der Waals surface area contributed by atoms with Crippen molar-refractivity contribution in [3.05, 3.63) is 34.1 Å². The van der Waals surface area contributed by atoms with Crippen LogP contribution >= 0.6 is 0 Å². The fraction of sp³-hybridized carbons (Fsp3) is 0.667. The quantitative estimate of drug-likeness (QED) is 0.666. The molecule has 3 rings (SSSR count). The third kappa shape index (κ3) is 3.00. The molecule has 3 aliphatic carbocycles. The van der Waals surface area contributed by atoms with Crippen LogP contribution in [0.2, 0.25) is 0 Å². The van der Waals surface area contributed by atoms with Crippen molar-refractivity contribution in [2.45, 2.75) is 64.1 Å². The number of ketones is 1. The van der Waals surface area contributed by atoms with Gasteiger partial charge in [0.25, 0.3) is 0 Å². The molecule has 138 valence electrons. The van der Waals surface area contributed by atoms with E-state index in [1.165, 1.54) is 11.1 Å². The number of carbonyl (C=O) groups excluding carboxylic acids is 1. The number of allylic oxidation sites excluding steroid dienone is 3. The molecule has 2 fully saturated rings. The standard InChI is InChI=1S/C21H30O4/c1-5-6-9-14-12-18(23-2)19-17(13-21(19,24-3)25-4)15-10-7-8-11-16(15)20(14)22/h12,16H,5-11,13H2,1-4H3/b14-12-,17-15-,19-18-. The lowest BCUT2D eigenvalue weighted by Crippen LogP contribution is -2.48. The predicted molar refractivity (Wildman–Crippen MR) is 97.0 cm³/mol. The predicted octanol–water partition coefficient (Wildman–Crippen LogP) is 4.47. The Hall–Kier alpha value is -1.39. The van der Waals surface area contributed by atoms with Crippen LogP contribution in [0.25, 0.3) is 0 Å². The van der Waals surface area contributed by atoms with Crippen molar-refractivity contribution in [1.82, 2.24) is 0 Å². The van der Waals surface area contributed by atoms with Gasteiger partial charge in [-0.2, -0.15) is 0 Å². The first kappa shape index (κ1) is 18.4. The summed E-state index contributed by atoms with van der Waals surface area (Å²) in [5.74, 6) is 0.312. The molecule has 3 aliphatic rings. The van der Waals surface area contributed by atoms with Crippen LogP contribution in [0.5, 0.6) is 0 Å². The Bertz CT molecular complexity index is 634. The van der Waals surface area contributed by atoms with Gasteiger partial charge in [-0.3, -0.25) is 4.79 Å². The Morgan fingerprint density at radius 2 is 1.96 bits per heavy atom. The van der Waals surface area contributed by atoms with Crippen LogP contribution in [0, 0.1) is 5.92 Å². The van der Waals surface area contributed by atoms with Crippen LogP contribution < -0.4 is 0 Å². The molecule has 0 bridgehead atoms. The van der Waals surface area contributed by atoms with Crippen LogP contribution in [-0.4, -0.2) is 32.9 Å². The van der Waals surface area contributed by atoms with Crippen LogP contribution in [0.15, 0.2) is 34.1 Å². The summed E-state index contributed by atoms with van der Waals surface area (Å²) in [7, 11) is 5.02. The van der Waals surface area contributed by atoms with E-state index < -0.39 is 5.79 Å². The minimum Gasteiger partial charge on any atom is -0.496 e. The van der Waals surface area contributed by atoms with Gasteiger partial charge in [-0.1, -0.05) is 25.3 Å². The Labute approximate surface area is 150 Å². The summed E-state index contributed by atoms with van der Waals surface area (Å²) < 4.78 is 17.2. The third-order valence-corrected chi connectivity index (χ3v) is 5.95. The van der Waals surface area contributed by atoms with Crippen molar-refractivity contribution in [2.24, 2.45) is 5.92 Å². The Morgan fingerprint density at radius 3 is 2.60 bits per heavy atom. The van der Waals surface area contributed by atoms with Crippen molar-refractivity contribution in [3.63, 3.8) is 0 Å². The highest BCUT2D eigenvalue weighted by Crippen LogP contribution is 2.53. The summed E-state index contributed by atoms with van der Waals surface area (Å²) in [6.45, 7) is 2.15. The topological polar surface area (TPSA) is 44.8 Å². The van der Waals surface area contributed by atoms with E-state index in [9.17, 15) is 4.79 Å².